The summed E-state index contributed by atoms with van der Waals surface area (Å²) in [7, 11) is 0. The minimum atomic E-state index is -2.92. The number of hydrogen-bond donors (Lipinski definition) is 0. The maximum absolute atomic E-state index is 4.53. The van der Waals surface area contributed by atoms with Crippen LogP contribution in [0.4, 0.5) is 0 Å². The zero-order valence-electron chi connectivity index (χ0n) is 15.4. The Hall–Kier alpha value is -1.48. The molecule has 0 radical (unpaired) electrons. The van der Waals surface area contributed by atoms with Crippen LogP contribution in [0.15, 0.2) is 115 Å². The van der Waals surface area contributed by atoms with Crippen molar-refractivity contribution >= 4 is 59.3 Å². The first kappa shape index (κ1) is 19.8. The second-order valence-corrected chi connectivity index (χ2v) is 17.0. The van der Waals surface area contributed by atoms with E-state index in [9.17, 15) is 0 Å². The summed E-state index contributed by atoms with van der Waals surface area (Å²) in [6, 6.07) is 41.6. The molecule has 0 aliphatic heterocycles. The van der Waals surface area contributed by atoms with Crippen LogP contribution in [0.1, 0.15) is 5.56 Å². The van der Waals surface area contributed by atoms with Crippen LogP contribution in [0.5, 0.6) is 0 Å². The third-order valence-electron chi connectivity index (χ3n) is 5.27. The van der Waals surface area contributed by atoms with Gasteiger partial charge in [0.15, 0.2) is 0 Å². The molecule has 0 N–H and O–H groups in total. The molecule has 3 heteroatoms. The van der Waals surface area contributed by atoms with Crippen LogP contribution >= 0.6 is 43.4 Å². The third-order valence-corrected chi connectivity index (χ3v) is 16.1. The van der Waals surface area contributed by atoms with Gasteiger partial charge in [-0.3, -0.25) is 0 Å². The van der Waals surface area contributed by atoms with E-state index in [1.165, 1.54) is 25.0 Å². The van der Waals surface area contributed by atoms with Crippen LogP contribution in [0.25, 0.3) is 0 Å². The monoisotopic (exact) mass is 558 g/mol. The van der Waals surface area contributed by atoms with Crippen molar-refractivity contribution in [2.45, 2.75) is 6.16 Å². The van der Waals surface area contributed by atoms with E-state index in [1.54, 1.807) is 0 Å². The van der Waals surface area contributed by atoms with E-state index in [1.807, 2.05) is 0 Å². The van der Waals surface area contributed by atoms with E-state index in [0.717, 1.165) is 6.16 Å². The van der Waals surface area contributed by atoms with Gasteiger partial charge in [0, 0.05) is 0 Å². The fourth-order valence-electron chi connectivity index (χ4n) is 3.93. The van der Waals surface area contributed by atoms with Crippen molar-refractivity contribution in [2.75, 3.05) is 0 Å². The van der Waals surface area contributed by atoms with Gasteiger partial charge in [0.2, 0.25) is 0 Å². The first-order chi connectivity index (χ1) is 13.6. The van der Waals surface area contributed by atoms with Gasteiger partial charge < -0.3 is 0 Å². The molecule has 0 unspecified atom stereocenters. The Bertz CT molecular complexity index is 1030. The topological polar surface area (TPSA) is 0 Å². The number of benzene rings is 4. The Labute approximate surface area is 188 Å². The molecule has 0 fully saturated rings. The van der Waals surface area contributed by atoms with E-state index in [4.69, 9.17) is 0 Å². The normalized spacial score (nSPS) is 12.9. The zero-order valence-corrected chi connectivity index (χ0v) is 20.0. The van der Waals surface area contributed by atoms with Crippen molar-refractivity contribution in [1.82, 2.24) is 0 Å². The van der Waals surface area contributed by atoms with Gasteiger partial charge in [0.1, 0.15) is 0 Å². The first-order valence-corrected chi connectivity index (χ1v) is 14.8. The van der Waals surface area contributed by atoms with Crippen molar-refractivity contribution < 1.29 is 0 Å². The quantitative estimate of drug-likeness (QED) is 0.190. The average molecular weight is 559 g/mol. The summed E-state index contributed by atoms with van der Waals surface area (Å²) in [5, 5.41) is 1.17. The second-order valence-electron chi connectivity index (χ2n) is 6.95. The Morgan fingerprint density at radius 2 is 1.00 bits per heavy atom. The molecular formula is C25H21BrIP. The molecule has 0 saturated carbocycles. The van der Waals surface area contributed by atoms with E-state index in [2.05, 4.69) is 153 Å². The molecule has 4 aromatic carbocycles. The summed E-state index contributed by atoms with van der Waals surface area (Å²) in [6.45, 7) is 0. The molecule has 0 aromatic heterocycles. The van der Waals surface area contributed by atoms with Gasteiger partial charge in [0.25, 0.3) is 0 Å². The zero-order chi connectivity index (χ0) is 19.5. The van der Waals surface area contributed by atoms with Crippen LogP contribution < -0.4 is 15.9 Å². The SMILES string of the molecule is BrP(Cc1ccccc1)(c1ccccc1)(c1ccccc1)c1ccccc1I. The Morgan fingerprint density at radius 3 is 1.50 bits per heavy atom. The van der Waals surface area contributed by atoms with Gasteiger partial charge in [-0.05, 0) is 0 Å². The molecule has 28 heavy (non-hydrogen) atoms. The predicted molar refractivity (Wildman–Crippen MR) is 137 cm³/mol. The fourth-order valence-corrected chi connectivity index (χ4v) is 14.9. The predicted octanol–water partition coefficient (Wildman–Crippen LogP) is 6.63. The molecule has 0 spiro atoms. The van der Waals surface area contributed by atoms with E-state index < -0.39 is 5.31 Å². The van der Waals surface area contributed by atoms with Crippen LogP contribution in [0.3, 0.4) is 0 Å². The molecule has 0 aliphatic carbocycles. The summed E-state index contributed by atoms with van der Waals surface area (Å²) < 4.78 is 1.29. The van der Waals surface area contributed by atoms with Crippen molar-refractivity contribution in [2.24, 2.45) is 0 Å². The number of hydrogen-bond acceptors (Lipinski definition) is 0. The molecule has 0 saturated heterocycles. The maximum atomic E-state index is 4.53. The van der Waals surface area contributed by atoms with Crippen LogP contribution in [0.2, 0.25) is 0 Å². The van der Waals surface area contributed by atoms with Crippen molar-refractivity contribution in [3.8, 4) is 0 Å². The molecule has 0 nitrogen and oxygen atoms in total. The first-order valence-electron chi connectivity index (χ1n) is 9.26. The van der Waals surface area contributed by atoms with Gasteiger partial charge in [0.05, 0.1) is 0 Å². The van der Waals surface area contributed by atoms with E-state index in [-0.39, 0.29) is 0 Å². The van der Waals surface area contributed by atoms with E-state index in [0.29, 0.717) is 0 Å². The van der Waals surface area contributed by atoms with Crippen LogP contribution in [0, 0.1) is 3.57 Å². The molecule has 0 aliphatic rings. The van der Waals surface area contributed by atoms with Crippen LogP contribution in [-0.2, 0) is 6.16 Å². The van der Waals surface area contributed by atoms with Gasteiger partial charge in [-0.2, -0.15) is 0 Å². The number of rotatable bonds is 5. The molecule has 0 bridgehead atoms. The van der Waals surface area contributed by atoms with Gasteiger partial charge in [-0.25, -0.2) is 0 Å². The van der Waals surface area contributed by atoms with E-state index >= 15 is 0 Å². The van der Waals surface area contributed by atoms with Crippen molar-refractivity contribution in [3.63, 3.8) is 0 Å². The fraction of sp³-hybridized carbons (Fsp3) is 0.0400. The summed E-state index contributed by atoms with van der Waals surface area (Å²) in [5.41, 5.74) is 1.34. The van der Waals surface area contributed by atoms with Gasteiger partial charge in [-0.1, -0.05) is 0 Å². The summed E-state index contributed by atoms with van der Waals surface area (Å²) >= 11 is 7.03. The minimum absolute atomic E-state index is 0.931. The molecule has 4 rings (SSSR count). The summed E-state index contributed by atoms with van der Waals surface area (Å²) in [6.07, 6.45) is 0.931. The van der Waals surface area contributed by atoms with Crippen LogP contribution in [-0.4, -0.2) is 0 Å². The molecule has 0 amide bonds. The summed E-state index contributed by atoms with van der Waals surface area (Å²) in [5.74, 6) is 0. The Morgan fingerprint density at radius 1 is 0.571 bits per heavy atom. The number of halogens is 2. The Balaban J connectivity index is 2.13. The van der Waals surface area contributed by atoms with Gasteiger partial charge in [-0.15, -0.1) is 0 Å². The van der Waals surface area contributed by atoms with Crippen molar-refractivity contribution in [3.05, 3.63) is 124 Å². The van der Waals surface area contributed by atoms with Crippen molar-refractivity contribution in [1.29, 1.82) is 0 Å². The standard InChI is InChI=1S/C25H21BrIP/c26-28(22-14-6-2-7-15-22,23-16-8-3-9-17-23,20-21-12-4-1-5-13-21)25-19-11-10-18-24(25)27/h1-19H,20H2. The third kappa shape index (κ3) is 3.36. The molecular weight excluding hydrogens is 538 g/mol. The average Bonchev–Trinajstić information content (AvgIpc) is 2.76. The molecule has 0 atom stereocenters. The van der Waals surface area contributed by atoms with Gasteiger partial charge >= 0.3 is 190 Å². The molecule has 0 heterocycles. The molecule has 4 aromatic rings. The molecule has 140 valence electrons. The second kappa shape index (κ2) is 8.10. The Kier molecular flexibility index (Phi) is 5.73. The summed E-state index contributed by atoms with van der Waals surface area (Å²) in [4.78, 5) is 0.